The number of hydrogen-bond acceptors (Lipinski definition) is 3. The number of halogens is 2. The molecule has 24 heavy (non-hydrogen) atoms. The van der Waals surface area contributed by atoms with E-state index in [1.165, 1.54) is 0 Å². The van der Waals surface area contributed by atoms with E-state index < -0.39 is 0 Å². The summed E-state index contributed by atoms with van der Waals surface area (Å²) >= 11 is 12.1. The number of nitrogens with one attached hydrogen (secondary N) is 1. The van der Waals surface area contributed by atoms with Gasteiger partial charge in [0.2, 0.25) is 0 Å². The first-order chi connectivity index (χ1) is 11.5. The second-order valence-electron chi connectivity index (χ2n) is 6.62. The summed E-state index contributed by atoms with van der Waals surface area (Å²) in [5.74, 6) is 0. The number of amides is 2. The maximum atomic E-state index is 12.4. The Hall–Kier alpha value is -1.01. The molecule has 0 spiro atoms. The minimum Gasteiger partial charge on any atom is -0.334 e. The lowest BCUT2D eigenvalue weighted by atomic mass is 10.2. The Labute approximate surface area is 153 Å². The van der Waals surface area contributed by atoms with Gasteiger partial charge in [0.05, 0.1) is 0 Å². The quantitative estimate of drug-likeness (QED) is 0.888. The molecule has 2 fully saturated rings. The first-order valence-corrected chi connectivity index (χ1v) is 9.18. The van der Waals surface area contributed by atoms with Crippen molar-refractivity contribution in [2.75, 3.05) is 46.3 Å². The Kier molecular flexibility index (Phi) is 5.87. The number of likely N-dealkylation sites (N-methyl/N-ethyl adjacent to an activating group) is 1. The molecule has 0 saturated carbocycles. The third-order valence-electron chi connectivity index (χ3n) is 4.94. The first kappa shape index (κ1) is 17.8. The number of rotatable bonds is 3. The van der Waals surface area contributed by atoms with Crippen LogP contribution in [0.5, 0.6) is 0 Å². The molecule has 0 aromatic heterocycles. The van der Waals surface area contributed by atoms with E-state index in [4.69, 9.17) is 23.2 Å². The van der Waals surface area contributed by atoms with Crippen LogP contribution in [-0.2, 0) is 6.54 Å². The van der Waals surface area contributed by atoms with Crippen molar-refractivity contribution in [3.8, 4) is 0 Å². The van der Waals surface area contributed by atoms with Crippen LogP contribution in [-0.4, -0.2) is 73.1 Å². The number of piperazine rings is 1. The van der Waals surface area contributed by atoms with Crippen molar-refractivity contribution >= 4 is 29.2 Å². The molecular formula is C17H24Cl2N4O. The molecule has 2 aliphatic heterocycles. The van der Waals surface area contributed by atoms with Gasteiger partial charge in [0, 0.05) is 61.9 Å². The van der Waals surface area contributed by atoms with Crippen molar-refractivity contribution in [1.82, 2.24) is 20.0 Å². The third kappa shape index (κ3) is 4.33. The lowest BCUT2D eigenvalue weighted by molar-refractivity contribution is 0.114. The van der Waals surface area contributed by atoms with Crippen LogP contribution in [0.3, 0.4) is 0 Å². The van der Waals surface area contributed by atoms with Gasteiger partial charge in [0.15, 0.2) is 0 Å². The van der Waals surface area contributed by atoms with Gasteiger partial charge in [-0.15, -0.1) is 0 Å². The van der Waals surface area contributed by atoms with Crippen molar-refractivity contribution in [2.45, 2.75) is 19.0 Å². The minimum atomic E-state index is -0.0253. The fraction of sp³-hybridized carbons (Fsp3) is 0.588. The summed E-state index contributed by atoms with van der Waals surface area (Å²) in [6.45, 7) is 6.41. The second kappa shape index (κ2) is 7.91. The van der Waals surface area contributed by atoms with E-state index in [0.29, 0.717) is 22.6 Å². The Balaban J connectivity index is 1.49. The summed E-state index contributed by atoms with van der Waals surface area (Å²) in [4.78, 5) is 19.2. The fourth-order valence-electron chi connectivity index (χ4n) is 3.37. The number of carbonyl (C=O) groups excluding carboxylic acids is 1. The molecule has 3 rings (SSSR count). The molecule has 1 aromatic carbocycles. The van der Waals surface area contributed by atoms with Crippen LogP contribution in [0.15, 0.2) is 18.2 Å². The van der Waals surface area contributed by atoms with Crippen LogP contribution in [0.4, 0.5) is 4.79 Å². The van der Waals surface area contributed by atoms with Gasteiger partial charge < -0.3 is 15.1 Å². The summed E-state index contributed by atoms with van der Waals surface area (Å²) in [7, 11) is 2.16. The number of nitrogens with zero attached hydrogens (tertiary/aromatic N) is 3. The Morgan fingerprint density at radius 1 is 1.21 bits per heavy atom. The molecule has 5 nitrogen and oxygen atoms in total. The van der Waals surface area contributed by atoms with Gasteiger partial charge in [-0.1, -0.05) is 23.2 Å². The van der Waals surface area contributed by atoms with Gasteiger partial charge in [-0.2, -0.15) is 0 Å². The zero-order valence-corrected chi connectivity index (χ0v) is 15.5. The SMILES string of the molecule is CN1CCN(C2CCN(C(=O)NCc3cc(Cl)ccc3Cl)C2)CC1. The van der Waals surface area contributed by atoms with E-state index in [1.54, 1.807) is 18.2 Å². The topological polar surface area (TPSA) is 38.8 Å². The van der Waals surface area contributed by atoms with E-state index in [-0.39, 0.29) is 6.03 Å². The number of likely N-dealkylation sites (tertiary alicyclic amines) is 1. The van der Waals surface area contributed by atoms with Crippen molar-refractivity contribution in [1.29, 1.82) is 0 Å². The molecule has 0 bridgehead atoms. The minimum absolute atomic E-state index is 0.0253. The zero-order valence-electron chi connectivity index (χ0n) is 14.0. The fourth-order valence-corrected chi connectivity index (χ4v) is 3.75. The standard InChI is InChI=1S/C17H24Cl2N4O/c1-21-6-8-22(9-7-21)15-4-5-23(12-15)17(24)20-11-13-10-14(18)2-3-16(13)19/h2-3,10,15H,4-9,11-12H2,1H3,(H,20,24). The average molecular weight is 371 g/mol. The van der Waals surface area contributed by atoms with Crippen molar-refractivity contribution < 1.29 is 4.79 Å². The van der Waals surface area contributed by atoms with Gasteiger partial charge in [-0.05, 0) is 37.2 Å². The normalized spacial score (nSPS) is 22.8. The molecule has 1 aromatic rings. The number of hydrogen-bond donors (Lipinski definition) is 1. The van der Waals surface area contributed by atoms with E-state index in [1.807, 2.05) is 4.90 Å². The number of urea groups is 1. The van der Waals surface area contributed by atoms with Crippen molar-refractivity contribution in [3.63, 3.8) is 0 Å². The molecule has 2 aliphatic rings. The van der Waals surface area contributed by atoms with E-state index in [9.17, 15) is 4.79 Å². The lowest BCUT2D eigenvalue weighted by Gasteiger charge is -2.36. The largest absolute Gasteiger partial charge is 0.334 e. The Morgan fingerprint density at radius 3 is 2.71 bits per heavy atom. The molecule has 1 N–H and O–H groups in total. The highest BCUT2D eigenvalue weighted by Crippen LogP contribution is 2.21. The predicted molar refractivity (Wildman–Crippen MR) is 97.7 cm³/mol. The van der Waals surface area contributed by atoms with Crippen molar-refractivity contribution in [2.24, 2.45) is 0 Å². The number of benzene rings is 1. The van der Waals surface area contributed by atoms with Crippen LogP contribution < -0.4 is 5.32 Å². The van der Waals surface area contributed by atoms with Crippen LogP contribution >= 0.6 is 23.2 Å². The maximum Gasteiger partial charge on any atom is 0.317 e. The average Bonchev–Trinajstić information content (AvgIpc) is 3.06. The highest BCUT2D eigenvalue weighted by atomic mass is 35.5. The van der Waals surface area contributed by atoms with Gasteiger partial charge in [0.1, 0.15) is 0 Å². The summed E-state index contributed by atoms with van der Waals surface area (Å²) in [6.07, 6.45) is 1.05. The van der Waals surface area contributed by atoms with E-state index in [0.717, 1.165) is 51.3 Å². The molecule has 2 heterocycles. The smallest absolute Gasteiger partial charge is 0.317 e. The first-order valence-electron chi connectivity index (χ1n) is 8.42. The maximum absolute atomic E-state index is 12.4. The van der Waals surface area contributed by atoms with E-state index >= 15 is 0 Å². The van der Waals surface area contributed by atoms with Gasteiger partial charge in [-0.25, -0.2) is 4.79 Å². The Bertz CT molecular complexity index is 590. The lowest BCUT2D eigenvalue weighted by Crippen LogP contribution is -2.50. The molecular weight excluding hydrogens is 347 g/mol. The van der Waals surface area contributed by atoms with E-state index in [2.05, 4.69) is 22.2 Å². The molecule has 2 saturated heterocycles. The second-order valence-corrected chi connectivity index (χ2v) is 7.47. The Morgan fingerprint density at radius 2 is 1.96 bits per heavy atom. The molecule has 0 radical (unpaired) electrons. The van der Waals surface area contributed by atoms with Gasteiger partial charge in [-0.3, -0.25) is 4.90 Å². The van der Waals surface area contributed by atoms with Crippen LogP contribution in [0.2, 0.25) is 10.0 Å². The van der Waals surface area contributed by atoms with Gasteiger partial charge >= 0.3 is 6.03 Å². The zero-order chi connectivity index (χ0) is 17.1. The number of carbonyl (C=O) groups is 1. The summed E-state index contributed by atoms with van der Waals surface area (Å²) in [6, 6.07) is 5.75. The summed E-state index contributed by atoms with van der Waals surface area (Å²) in [5, 5.41) is 4.20. The highest BCUT2D eigenvalue weighted by molar-refractivity contribution is 6.33. The summed E-state index contributed by atoms with van der Waals surface area (Å²) < 4.78 is 0. The van der Waals surface area contributed by atoms with Gasteiger partial charge in [0.25, 0.3) is 0 Å². The van der Waals surface area contributed by atoms with Crippen LogP contribution in [0, 0.1) is 0 Å². The highest BCUT2D eigenvalue weighted by Gasteiger charge is 2.31. The molecule has 1 atom stereocenters. The monoisotopic (exact) mass is 370 g/mol. The summed E-state index contributed by atoms with van der Waals surface area (Å²) in [5.41, 5.74) is 0.840. The molecule has 0 aliphatic carbocycles. The molecule has 132 valence electrons. The predicted octanol–water partition coefficient (Wildman–Crippen LogP) is 2.52. The molecule has 1 unspecified atom stereocenters. The van der Waals surface area contributed by atoms with Crippen LogP contribution in [0.1, 0.15) is 12.0 Å². The molecule has 2 amide bonds. The van der Waals surface area contributed by atoms with Crippen LogP contribution in [0.25, 0.3) is 0 Å². The van der Waals surface area contributed by atoms with Crippen molar-refractivity contribution in [3.05, 3.63) is 33.8 Å². The third-order valence-corrected chi connectivity index (χ3v) is 5.55. The molecule has 7 heteroatoms.